The number of hydrogen-bond donors (Lipinski definition) is 2. The summed E-state index contributed by atoms with van der Waals surface area (Å²) in [5, 5.41) is 3.30. The number of rotatable bonds is 6. The van der Waals surface area contributed by atoms with Crippen LogP contribution in [0, 0.1) is 0 Å². The van der Waals surface area contributed by atoms with E-state index in [1.807, 2.05) is 13.0 Å². The minimum atomic E-state index is -3.50. The Morgan fingerprint density at radius 1 is 1.33 bits per heavy atom. The molecule has 0 bridgehead atoms. The number of benzene rings is 1. The summed E-state index contributed by atoms with van der Waals surface area (Å²) >= 11 is 3.35. The third kappa shape index (κ3) is 4.28. The first-order valence-corrected chi connectivity index (χ1v) is 9.55. The molecule has 0 aromatic heterocycles. The summed E-state index contributed by atoms with van der Waals surface area (Å²) in [4.78, 5) is 0.318. The molecule has 2 N–H and O–H groups in total. The minimum Gasteiger partial charge on any atom is -0.310 e. The molecule has 0 aliphatic heterocycles. The lowest BCUT2D eigenvalue weighted by Gasteiger charge is -2.38. The number of sulfonamides is 1. The lowest BCUT2D eigenvalue weighted by Crippen LogP contribution is -2.50. The molecule has 0 radical (unpaired) electrons. The molecular weight excluding hydrogens is 352 g/mol. The standard InChI is InChI=1S/C15H23BrN2O2S/c1-11(2)17-10-12-5-6-13(16)14(9-12)21(19,20)18-15(3)7-4-8-15/h5-6,9,11,17-18H,4,7-8,10H2,1-3H3. The highest BCUT2D eigenvalue weighted by atomic mass is 79.9. The zero-order valence-corrected chi connectivity index (χ0v) is 15.1. The van der Waals surface area contributed by atoms with Crippen LogP contribution in [-0.4, -0.2) is 20.0 Å². The van der Waals surface area contributed by atoms with E-state index in [0.717, 1.165) is 24.8 Å². The molecule has 1 aliphatic rings. The van der Waals surface area contributed by atoms with Crippen LogP contribution in [0.3, 0.4) is 0 Å². The van der Waals surface area contributed by atoms with Crippen molar-refractivity contribution in [2.45, 2.75) is 63.1 Å². The van der Waals surface area contributed by atoms with Crippen LogP contribution in [0.5, 0.6) is 0 Å². The first-order chi connectivity index (χ1) is 9.72. The molecule has 0 saturated heterocycles. The van der Waals surface area contributed by atoms with E-state index in [-0.39, 0.29) is 5.54 Å². The largest absolute Gasteiger partial charge is 0.310 e. The van der Waals surface area contributed by atoms with Crippen molar-refractivity contribution >= 4 is 26.0 Å². The molecule has 1 aromatic rings. The highest BCUT2D eigenvalue weighted by molar-refractivity contribution is 9.10. The molecular formula is C15H23BrN2O2S. The van der Waals surface area contributed by atoms with Gasteiger partial charge in [-0.2, -0.15) is 0 Å². The first-order valence-electron chi connectivity index (χ1n) is 7.28. The maximum atomic E-state index is 12.6. The van der Waals surface area contributed by atoms with Gasteiger partial charge in [-0.05, 0) is 59.8 Å². The van der Waals surface area contributed by atoms with E-state index in [1.165, 1.54) is 0 Å². The molecule has 2 rings (SSSR count). The Morgan fingerprint density at radius 3 is 2.52 bits per heavy atom. The van der Waals surface area contributed by atoms with E-state index < -0.39 is 10.0 Å². The predicted octanol–water partition coefficient (Wildman–Crippen LogP) is 3.17. The Balaban J connectivity index is 2.22. The van der Waals surface area contributed by atoms with Crippen molar-refractivity contribution in [3.8, 4) is 0 Å². The molecule has 0 heterocycles. The quantitative estimate of drug-likeness (QED) is 0.803. The second-order valence-electron chi connectivity index (χ2n) is 6.32. The van der Waals surface area contributed by atoms with Crippen LogP contribution in [-0.2, 0) is 16.6 Å². The number of halogens is 1. The minimum absolute atomic E-state index is 0.287. The zero-order chi connectivity index (χ0) is 15.7. The summed E-state index contributed by atoms with van der Waals surface area (Å²) in [7, 11) is -3.50. The lowest BCUT2D eigenvalue weighted by atomic mass is 9.80. The first kappa shape index (κ1) is 16.9. The van der Waals surface area contributed by atoms with Crippen LogP contribution >= 0.6 is 15.9 Å². The third-order valence-corrected chi connectivity index (χ3v) is 6.47. The Morgan fingerprint density at radius 2 is 2.00 bits per heavy atom. The molecule has 1 saturated carbocycles. The van der Waals surface area contributed by atoms with Gasteiger partial charge < -0.3 is 5.32 Å². The third-order valence-electron chi connectivity index (χ3n) is 3.84. The second kappa shape index (κ2) is 6.36. The van der Waals surface area contributed by atoms with Gasteiger partial charge in [0.2, 0.25) is 10.0 Å². The average molecular weight is 375 g/mol. The van der Waals surface area contributed by atoms with Crippen LogP contribution in [0.15, 0.2) is 27.6 Å². The summed E-state index contributed by atoms with van der Waals surface area (Å²) in [6.07, 6.45) is 2.88. The maximum absolute atomic E-state index is 12.6. The lowest BCUT2D eigenvalue weighted by molar-refractivity contribution is 0.248. The number of nitrogens with one attached hydrogen (secondary N) is 2. The molecule has 0 amide bonds. The van der Waals surface area contributed by atoms with Crippen molar-refractivity contribution in [3.05, 3.63) is 28.2 Å². The molecule has 0 unspecified atom stereocenters. The normalized spacial score (nSPS) is 17.8. The maximum Gasteiger partial charge on any atom is 0.242 e. The van der Waals surface area contributed by atoms with Crippen molar-refractivity contribution in [2.24, 2.45) is 0 Å². The Kier molecular flexibility index (Phi) is 5.13. The number of hydrogen-bond acceptors (Lipinski definition) is 3. The predicted molar refractivity (Wildman–Crippen MR) is 88.7 cm³/mol. The van der Waals surface area contributed by atoms with Crippen LogP contribution in [0.4, 0.5) is 0 Å². The van der Waals surface area contributed by atoms with Gasteiger partial charge in [0, 0.05) is 22.6 Å². The molecule has 21 heavy (non-hydrogen) atoms. The fourth-order valence-electron chi connectivity index (χ4n) is 2.37. The monoisotopic (exact) mass is 374 g/mol. The Bertz CT molecular complexity index is 610. The van der Waals surface area contributed by atoms with Crippen LogP contribution in [0.1, 0.15) is 45.6 Å². The molecule has 1 fully saturated rings. The smallest absolute Gasteiger partial charge is 0.242 e. The molecule has 0 spiro atoms. The van der Waals surface area contributed by atoms with Crippen LogP contribution < -0.4 is 10.0 Å². The summed E-state index contributed by atoms with van der Waals surface area (Å²) in [5.74, 6) is 0. The molecule has 1 aliphatic carbocycles. The fourth-order valence-corrected chi connectivity index (χ4v) is 4.85. The van der Waals surface area contributed by atoms with Gasteiger partial charge in [-0.1, -0.05) is 19.9 Å². The van der Waals surface area contributed by atoms with E-state index in [0.29, 0.717) is 22.0 Å². The second-order valence-corrected chi connectivity index (χ2v) is 8.83. The molecule has 118 valence electrons. The van der Waals surface area contributed by atoms with Gasteiger partial charge in [0.05, 0.1) is 4.90 Å². The fraction of sp³-hybridized carbons (Fsp3) is 0.600. The highest BCUT2D eigenvalue weighted by Crippen LogP contribution is 2.33. The molecule has 6 heteroatoms. The van der Waals surface area contributed by atoms with E-state index in [9.17, 15) is 8.42 Å². The van der Waals surface area contributed by atoms with E-state index in [2.05, 4.69) is 39.8 Å². The van der Waals surface area contributed by atoms with Gasteiger partial charge in [0.15, 0.2) is 0 Å². The van der Waals surface area contributed by atoms with Gasteiger partial charge >= 0.3 is 0 Å². The van der Waals surface area contributed by atoms with Gasteiger partial charge in [-0.3, -0.25) is 0 Å². The van der Waals surface area contributed by atoms with Crippen molar-refractivity contribution in [2.75, 3.05) is 0 Å². The Hall–Kier alpha value is -0.430. The summed E-state index contributed by atoms with van der Waals surface area (Å²) in [6, 6.07) is 5.84. The average Bonchev–Trinajstić information content (AvgIpc) is 2.35. The van der Waals surface area contributed by atoms with Crippen molar-refractivity contribution in [1.29, 1.82) is 0 Å². The van der Waals surface area contributed by atoms with E-state index in [4.69, 9.17) is 0 Å². The summed E-state index contributed by atoms with van der Waals surface area (Å²) in [5.41, 5.74) is 0.677. The van der Waals surface area contributed by atoms with Gasteiger partial charge in [0.25, 0.3) is 0 Å². The van der Waals surface area contributed by atoms with Crippen LogP contribution in [0.2, 0.25) is 0 Å². The highest BCUT2D eigenvalue weighted by Gasteiger charge is 2.36. The molecule has 0 atom stereocenters. The van der Waals surface area contributed by atoms with Crippen molar-refractivity contribution < 1.29 is 8.42 Å². The zero-order valence-electron chi connectivity index (χ0n) is 12.7. The summed E-state index contributed by atoms with van der Waals surface area (Å²) in [6.45, 7) is 6.75. The van der Waals surface area contributed by atoms with Crippen molar-refractivity contribution in [1.82, 2.24) is 10.0 Å². The van der Waals surface area contributed by atoms with Gasteiger partial charge in [-0.15, -0.1) is 0 Å². The van der Waals surface area contributed by atoms with E-state index >= 15 is 0 Å². The molecule has 4 nitrogen and oxygen atoms in total. The molecule has 1 aromatic carbocycles. The summed E-state index contributed by atoms with van der Waals surface area (Å²) < 4.78 is 28.6. The van der Waals surface area contributed by atoms with Gasteiger partial charge in [-0.25, -0.2) is 13.1 Å². The topological polar surface area (TPSA) is 58.2 Å². The van der Waals surface area contributed by atoms with Crippen molar-refractivity contribution in [3.63, 3.8) is 0 Å². The van der Waals surface area contributed by atoms with Crippen LogP contribution in [0.25, 0.3) is 0 Å². The SMILES string of the molecule is CC(C)NCc1ccc(Br)c(S(=O)(=O)NC2(C)CCC2)c1. The van der Waals surface area contributed by atoms with Gasteiger partial charge in [0.1, 0.15) is 0 Å². The van der Waals surface area contributed by atoms with E-state index in [1.54, 1.807) is 12.1 Å². The Labute approximate surface area is 135 Å².